The lowest BCUT2D eigenvalue weighted by Crippen LogP contribution is -2.39. The fourth-order valence-corrected chi connectivity index (χ4v) is 3.68. The SMILES string of the molecule is CN(Cc1nc2ccccc2c(=O)[nH]1)C(=O)CN(C)S(=O)(=O)c1cccnc1. The zero-order valence-electron chi connectivity index (χ0n) is 15.4. The Hall–Kier alpha value is -3.11. The number of likely N-dealkylation sites (N-methyl/N-ethyl adjacent to an activating group) is 2. The van der Waals surface area contributed by atoms with Gasteiger partial charge in [-0.2, -0.15) is 4.31 Å². The molecule has 0 aliphatic heterocycles. The number of sulfonamides is 1. The van der Waals surface area contributed by atoms with Gasteiger partial charge in [-0.25, -0.2) is 13.4 Å². The molecule has 9 nitrogen and oxygen atoms in total. The van der Waals surface area contributed by atoms with Crippen LogP contribution < -0.4 is 5.56 Å². The zero-order chi connectivity index (χ0) is 20.3. The Balaban J connectivity index is 1.72. The molecule has 0 saturated carbocycles. The Kier molecular flexibility index (Phi) is 5.52. The van der Waals surface area contributed by atoms with Crippen molar-refractivity contribution in [3.05, 3.63) is 65.0 Å². The van der Waals surface area contributed by atoms with E-state index in [0.717, 1.165) is 4.31 Å². The van der Waals surface area contributed by atoms with Crippen LogP contribution in [0.4, 0.5) is 0 Å². The van der Waals surface area contributed by atoms with Crippen molar-refractivity contribution in [2.45, 2.75) is 11.4 Å². The number of fused-ring (bicyclic) bond motifs is 1. The van der Waals surface area contributed by atoms with Crippen LogP contribution in [-0.2, 0) is 21.4 Å². The van der Waals surface area contributed by atoms with E-state index in [1.165, 1.54) is 43.5 Å². The van der Waals surface area contributed by atoms with Crippen molar-refractivity contribution in [2.24, 2.45) is 0 Å². The van der Waals surface area contributed by atoms with Gasteiger partial charge in [0.25, 0.3) is 5.56 Å². The molecule has 0 saturated heterocycles. The summed E-state index contributed by atoms with van der Waals surface area (Å²) in [6.07, 6.45) is 2.69. The molecule has 10 heteroatoms. The van der Waals surface area contributed by atoms with Crippen LogP contribution in [0.5, 0.6) is 0 Å². The van der Waals surface area contributed by atoms with Crippen LogP contribution in [0, 0.1) is 0 Å². The molecule has 146 valence electrons. The maximum Gasteiger partial charge on any atom is 0.258 e. The second-order valence-corrected chi connectivity index (χ2v) is 8.27. The maximum absolute atomic E-state index is 12.5. The number of para-hydroxylation sites is 1. The number of nitrogens with zero attached hydrogens (tertiary/aromatic N) is 4. The molecule has 0 fully saturated rings. The van der Waals surface area contributed by atoms with E-state index in [4.69, 9.17) is 0 Å². The monoisotopic (exact) mass is 401 g/mol. The summed E-state index contributed by atoms with van der Waals surface area (Å²) >= 11 is 0. The Morgan fingerprint density at radius 1 is 1.14 bits per heavy atom. The maximum atomic E-state index is 12.5. The van der Waals surface area contributed by atoms with Crippen molar-refractivity contribution in [3.63, 3.8) is 0 Å². The molecule has 0 bridgehead atoms. The summed E-state index contributed by atoms with van der Waals surface area (Å²) in [6.45, 7) is -0.314. The molecule has 3 rings (SSSR count). The molecule has 1 N–H and O–H groups in total. The van der Waals surface area contributed by atoms with Gasteiger partial charge in [0.15, 0.2) is 0 Å². The predicted molar refractivity (Wildman–Crippen MR) is 103 cm³/mol. The molecular weight excluding hydrogens is 382 g/mol. The second kappa shape index (κ2) is 7.87. The highest BCUT2D eigenvalue weighted by molar-refractivity contribution is 7.89. The van der Waals surface area contributed by atoms with E-state index in [9.17, 15) is 18.0 Å². The van der Waals surface area contributed by atoms with E-state index in [1.54, 1.807) is 24.3 Å². The number of aromatic amines is 1. The average molecular weight is 401 g/mol. The number of amides is 1. The molecule has 0 aliphatic carbocycles. The fourth-order valence-electron chi connectivity index (χ4n) is 2.60. The third-order valence-electron chi connectivity index (χ3n) is 4.18. The molecule has 1 aromatic carbocycles. The fraction of sp³-hybridized carbons (Fsp3) is 0.222. The van der Waals surface area contributed by atoms with Crippen LogP contribution in [-0.4, -0.2) is 59.1 Å². The van der Waals surface area contributed by atoms with Crippen LogP contribution in [0.3, 0.4) is 0 Å². The number of rotatable bonds is 6. The molecular formula is C18H19N5O4S. The lowest BCUT2D eigenvalue weighted by molar-refractivity contribution is -0.130. The van der Waals surface area contributed by atoms with Crippen molar-refractivity contribution < 1.29 is 13.2 Å². The van der Waals surface area contributed by atoms with Crippen molar-refractivity contribution in [1.29, 1.82) is 0 Å². The molecule has 0 spiro atoms. The number of pyridine rings is 1. The highest BCUT2D eigenvalue weighted by atomic mass is 32.2. The highest BCUT2D eigenvalue weighted by Gasteiger charge is 2.24. The van der Waals surface area contributed by atoms with Crippen molar-refractivity contribution >= 4 is 26.8 Å². The predicted octanol–water partition coefficient (Wildman–Crippen LogP) is 0.597. The van der Waals surface area contributed by atoms with Crippen LogP contribution in [0.2, 0.25) is 0 Å². The molecule has 0 aliphatic rings. The second-order valence-electron chi connectivity index (χ2n) is 6.23. The Labute approximate surface area is 161 Å². The van der Waals surface area contributed by atoms with Gasteiger partial charge in [0.05, 0.1) is 24.0 Å². The van der Waals surface area contributed by atoms with Crippen LogP contribution in [0.25, 0.3) is 10.9 Å². The number of H-pyrrole nitrogens is 1. The number of nitrogens with one attached hydrogen (secondary N) is 1. The first kappa shape index (κ1) is 19.6. The van der Waals surface area contributed by atoms with Crippen LogP contribution >= 0.6 is 0 Å². The van der Waals surface area contributed by atoms with E-state index < -0.39 is 15.9 Å². The summed E-state index contributed by atoms with van der Waals surface area (Å²) in [6, 6.07) is 9.81. The summed E-state index contributed by atoms with van der Waals surface area (Å²) < 4.78 is 25.9. The van der Waals surface area contributed by atoms with Gasteiger partial charge in [-0.05, 0) is 24.3 Å². The summed E-state index contributed by atoms with van der Waals surface area (Å²) in [5, 5.41) is 0.461. The molecule has 0 unspecified atom stereocenters. The van der Waals surface area contributed by atoms with Gasteiger partial charge in [-0.15, -0.1) is 0 Å². The standard InChI is InChI=1S/C18H19N5O4S/c1-22(11-16-20-15-8-4-3-7-14(15)18(25)21-16)17(24)12-23(2)28(26,27)13-6-5-9-19-10-13/h3-10H,11-12H2,1-2H3,(H,20,21,25). The molecule has 3 aromatic rings. The van der Waals surface area contributed by atoms with Crippen LogP contribution in [0.15, 0.2) is 58.5 Å². The summed E-state index contributed by atoms with van der Waals surface area (Å²) in [5.41, 5.74) is 0.232. The van der Waals surface area contributed by atoms with Crippen molar-refractivity contribution in [1.82, 2.24) is 24.2 Å². The zero-order valence-corrected chi connectivity index (χ0v) is 16.2. The van der Waals surface area contributed by atoms with Gasteiger partial charge in [-0.3, -0.25) is 14.6 Å². The van der Waals surface area contributed by atoms with Gasteiger partial charge in [0, 0.05) is 26.5 Å². The van der Waals surface area contributed by atoms with Gasteiger partial charge >= 0.3 is 0 Å². The van der Waals surface area contributed by atoms with E-state index in [1.807, 2.05) is 0 Å². The third-order valence-corrected chi connectivity index (χ3v) is 5.96. The molecule has 2 aromatic heterocycles. The Morgan fingerprint density at radius 2 is 1.89 bits per heavy atom. The first-order valence-electron chi connectivity index (χ1n) is 8.37. The molecule has 28 heavy (non-hydrogen) atoms. The minimum atomic E-state index is -3.83. The topological polar surface area (TPSA) is 116 Å². The van der Waals surface area contributed by atoms with Gasteiger partial charge in [0.1, 0.15) is 10.7 Å². The number of hydrogen-bond acceptors (Lipinski definition) is 6. The molecule has 2 heterocycles. The van der Waals surface area contributed by atoms with Crippen LogP contribution in [0.1, 0.15) is 5.82 Å². The molecule has 0 atom stereocenters. The Bertz CT molecular complexity index is 1160. The summed E-state index contributed by atoms with van der Waals surface area (Å²) in [4.78, 5) is 36.7. The highest BCUT2D eigenvalue weighted by Crippen LogP contribution is 2.13. The van der Waals surface area contributed by atoms with Crippen molar-refractivity contribution in [3.8, 4) is 0 Å². The smallest absolute Gasteiger partial charge is 0.258 e. The quantitative estimate of drug-likeness (QED) is 0.646. The van der Waals surface area contributed by atoms with E-state index in [2.05, 4.69) is 15.0 Å². The number of aromatic nitrogens is 3. The number of carbonyl (C=O) groups excluding carboxylic acids is 1. The summed E-state index contributed by atoms with van der Waals surface area (Å²) in [7, 11) is -0.987. The van der Waals surface area contributed by atoms with E-state index in [0.29, 0.717) is 16.7 Å². The average Bonchev–Trinajstić information content (AvgIpc) is 2.68. The first-order chi connectivity index (χ1) is 13.3. The lowest BCUT2D eigenvalue weighted by atomic mass is 10.2. The molecule has 1 amide bonds. The molecule has 0 radical (unpaired) electrons. The summed E-state index contributed by atoms with van der Waals surface area (Å²) in [5.74, 6) is -0.122. The number of benzene rings is 1. The van der Waals surface area contributed by atoms with Gasteiger partial charge in [-0.1, -0.05) is 12.1 Å². The lowest BCUT2D eigenvalue weighted by Gasteiger charge is -2.21. The minimum absolute atomic E-state index is 0.00785. The number of carbonyl (C=O) groups is 1. The van der Waals surface area contributed by atoms with Gasteiger partial charge < -0.3 is 9.88 Å². The third kappa shape index (κ3) is 4.07. The van der Waals surface area contributed by atoms with E-state index in [-0.39, 0.29) is 23.5 Å². The van der Waals surface area contributed by atoms with E-state index >= 15 is 0 Å². The first-order valence-corrected chi connectivity index (χ1v) is 9.81. The number of hydrogen-bond donors (Lipinski definition) is 1. The normalized spacial score (nSPS) is 11.7. The minimum Gasteiger partial charge on any atom is -0.337 e. The van der Waals surface area contributed by atoms with Gasteiger partial charge in [0.2, 0.25) is 15.9 Å². The van der Waals surface area contributed by atoms with Crippen molar-refractivity contribution in [2.75, 3.05) is 20.6 Å². The largest absolute Gasteiger partial charge is 0.337 e. The Morgan fingerprint density at radius 3 is 2.61 bits per heavy atom.